The van der Waals surface area contributed by atoms with E-state index in [-0.39, 0.29) is 0 Å². The standard InChI is InChI=1S/C21H17N/c1-22-20-13-7-5-11-17(20)19(15-16-9-3-2-4-10-16)18-12-6-8-14-21(18)22/h2-15H,1H3. The number of rotatable bonds is 1. The van der Waals surface area contributed by atoms with Crippen LogP contribution in [0.3, 0.4) is 0 Å². The summed E-state index contributed by atoms with van der Waals surface area (Å²) >= 11 is 0. The first-order valence-corrected chi connectivity index (χ1v) is 7.54. The van der Waals surface area contributed by atoms with Gasteiger partial charge >= 0.3 is 0 Å². The Morgan fingerprint density at radius 3 is 1.73 bits per heavy atom. The lowest BCUT2D eigenvalue weighted by Crippen LogP contribution is -2.17. The van der Waals surface area contributed by atoms with Crippen molar-refractivity contribution in [2.45, 2.75) is 0 Å². The third-order valence-electron chi connectivity index (χ3n) is 4.22. The van der Waals surface area contributed by atoms with Gasteiger partial charge in [0, 0.05) is 29.5 Å². The average Bonchev–Trinajstić information content (AvgIpc) is 2.59. The van der Waals surface area contributed by atoms with Gasteiger partial charge in [-0.25, -0.2) is 0 Å². The smallest absolute Gasteiger partial charge is 0.0488 e. The third kappa shape index (κ3) is 2.03. The van der Waals surface area contributed by atoms with Crippen LogP contribution >= 0.6 is 0 Å². The van der Waals surface area contributed by atoms with Gasteiger partial charge in [-0.1, -0.05) is 66.7 Å². The second kappa shape index (κ2) is 5.19. The van der Waals surface area contributed by atoms with Gasteiger partial charge in [0.15, 0.2) is 0 Å². The molecule has 22 heavy (non-hydrogen) atoms. The zero-order valence-electron chi connectivity index (χ0n) is 12.5. The Bertz CT molecular complexity index is 797. The Morgan fingerprint density at radius 1 is 0.636 bits per heavy atom. The van der Waals surface area contributed by atoms with Gasteiger partial charge in [-0.3, -0.25) is 0 Å². The number of hydrogen-bond acceptors (Lipinski definition) is 1. The maximum absolute atomic E-state index is 2.28. The highest BCUT2D eigenvalue weighted by molar-refractivity contribution is 6.03. The highest BCUT2D eigenvalue weighted by Gasteiger charge is 2.22. The molecule has 0 unspecified atom stereocenters. The molecule has 1 nitrogen and oxygen atoms in total. The van der Waals surface area contributed by atoms with Crippen LogP contribution in [0, 0.1) is 0 Å². The van der Waals surface area contributed by atoms with E-state index in [1.807, 2.05) is 0 Å². The van der Waals surface area contributed by atoms with Gasteiger partial charge in [-0.05, 0) is 29.3 Å². The van der Waals surface area contributed by atoms with Crippen molar-refractivity contribution < 1.29 is 0 Å². The molecule has 1 heteroatoms. The van der Waals surface area contributed by atoms with Crippen molar-refractivity contribution in [3.63, 3.8) is 0 Å². The van der Waals surface area contributed by atoms with Crippen LogP contribution in [0.25, 0.3) is 11.6 Å². The molecule has 4 rings (SSSR count). The first-order valence-electron chi connectivity index (χ1n) is 7.54. The van der Waals surface area contributed by atoms with Crippen molar-refractivity contribution in [1.29, 1.82) is 0 Å². The summed E-state index contributed by atoms with van der Waals surface area (Å²) in [7, 11) is 2.14. The average molecular weight is 283 g/mol. The van der Waals surface area contributed by atoms with Crippen molar-refractivity contribution in [2.24, 2.45) is 0 Å². The molecule has 0 N–H and O–H groups in total. The maximum atomic E-state index is 2.28. The van der Waals surface area contributed by atoms with Gasteiger partial charge in [-0.15, -0.1) is 0 Å². The summed E-state index contributed by atoms with van der Waals surface area (Å²) < 4.78 is 0. The van der Waals surface area contributed by atoms with Crippen molar-refractivity contribution in [3.8, 4) is 0 Å². The highest BCUT2D eigenvalue weighted by Crippen LogP contribution is 2.44. The lowest BCUT2D eigenvalue weighted by molar-refractivity contribution is 1.17. The summed E-state index contributed by atoms with van der Waals surface area (Å²) in [5.41, 5.74) is 7.59. The topological polar surface area (TPSA) is 3.24 Å². The fourth-order valence-electron chi connectivity index (χ4n) is 3.13. The molecule has 0 fully saturated rings. The normalized spacial score (nSPS) is 12.6. The molecule has 0 radical (unpaired) electrons. The van der Waals surface area contributed by atoms with Crippen LogP contribution in [0.4, 0.5) is 11.4 Å². The minimum atomic E-state index is 1.23. The molecule has 0 bridgehead atoms. The number of benzene rings is 3. The van der Waals surface area contributed by atoms with Gasteiger partial charge in [0.2, 0.25) is 0 Å². The Hall–Kier alpha value is -2.80. The lowest BCUT2D eigenvalue weighted by Gasteiger charge is -2.31. The molecule has 0 saturated heterocycles. The van der Waals surface area contributed by atoms with Crippen LogP contribution in [-0.2, 0) is 0 Å². The van der Waals surface area contributed by atoms with Crippen LogP contribution in [0.15, 0.2) is 78.9 Å². The molecule has 0 spiro atoms. The number of fused-ring (bicyclic) bond motifs is 2. The van der Waals surface area contributed by atoms with Crippen molar-refractivity contribution >= 4 is 23.0 Å². The molecule has 0 atom stereocenters. The molecule has 0 saturated carbocycles. The molecule has 1 aliphatic rings. The Balaban J connectivity index is 1.99. The van der Waals surface area contributed by atoms with E-state index in [1.54, 1.807) is 0 Å². The van der Waals surface area contributed by atoms with Gasteiger partial charge in [0.25, 0.3) is 0 Å². The fourth-order valence-corrected chi connectivity index (χ4v) is 3.13. The minimum absolute atomic E-state index is 1.23. The monoisotopic (exact) mass is 283 g/mol. The summed E-state index contributed by atoms with van der Waals surface area (Å²) in [4.78, 5) is 2.27. The van der Waals surface area contributed by atoms with Gasteiger partial charge in [0.05, 0.1) is 0 Å². The first kappa shape index (κ1) is 12.9. The molecular weight excluding hydrogens is 266 g/mol. The zero-order chi connectivity index (χ0) is 14.9. The van der Waals surface area contributed by atoms with Crippen LogP contribution in [0.2, 0.25) is 0 Å². The van der Waals surface area contributed by atoms with Crippen molar-refractivity contribution in [2.75, 3.05) is 11.9 Å². The largest absolute Gasteiger partial charge is 0.344 e. The molecule has 3 aromatic carbocycles. The van der Waals surface area contributed by atoms with Crippen LogP contribution < -0.4 is 4.90 Å². The van der Waals surface area contributed by atoms with E-state index >= 15 is 0 Å². The molecule has 0 amide bonds. The van der Waals surface area contributed by atoms with E-state index in [0.29, 0.717) is 0 Å². The van der Waals surface area contributed by atoms with Crippen molar-refractivity contribution in [3.05, 3.63) is 95.6 Å². The molecular formula is C21H17N. The van der Waals surface area contributed by atoms with E-state index in [0.717, 1.165) is 0 Å². The Morgan fingerprint density at radius 2 is 1.14 bits per heavy atom. The number of para-hydroxylation sites is 2. The molecule has 0 aliphatic carbocycles. The van der Waals surface area contributed by atoms with Crippen LogP contribution in [0.1, 0.15) is 16.7 Å². The highest BCUT2D eigenvalue weighted by atomic mass is 15.1. The number of nitrogens with zero attached hydrogens (tertiary/aromatic N) is 1. The summed E-state index contributed by atoms with van der Waals surface area (Å²) in [5, 5.41) is 0. The summed E-state index contributed by atoms with van der Waals surface area (Å²) in [6.07, 6.45) is 2.28. The Kier molecular flexibility index (Phi) is 3.05. The predicted octanol–water partition coefficient (Wildman–Crippen LogP) is 5.36. The maximum Gasteiger partial charge on any atom is 0.0488 e. The molecule has 1 aliphatic heterocycles. The number of hydrogen-bond donors (Lipinski definition) is 0. The predicted molar refractivity (Wildman–Crippen MR) is 94.4 cm³/mol. The molecule has 0 aromatic heterocycles. The third-order valence-corrected chi connectivity index (χ3v) is 4.22. The van der Waals surface area contributed by atoms with Gasteiger partial charge in [0.1, 0.15) is 0 Å². The summed E-state index contributed by atoms with van der Waals surface area (Å²) in [6.45, 7) is 0. The van der Waals surface area contributed by atoms with E-state index in [4.69, 9.17) is 0 Å². The van der Waals surface area contributed by atoms with Gasteiger partial charge < -0.3 is 4.90 Å². The SMILES string of the molecule is CN1c2ccccc2C(=Cc2ccccc2)c2ccccc21. The van der Waals surface area contributed by atoms with Crippen molar-refractivity contribution in [1.82, 2.24) is 0 Å². The van der Waals surface area contributed by atoms with E-state index < -0.39 is 0 Å². The molecule has 1 heterocycles. The quantitative estimate of drug-likeness (QED) is 0.581. The molecule has 106 valence electrons. The van der Waals surface area contributed by atoms with Gasteiger partial charge in [-0.2, -0.15) is 0 Å². The zero-order valence-corrected chi connectivity index (χ0v) is 12.5. The van der Waals surface area contributed by atoms with Crippen LogP contribution in [-0.4, -0.2) is 7.05 Å². The minimum Gasteiger partial charge on any atom is -0.344 e. The second-order valence-corrected chi connectivity index (χ2v) is 5.56. The first-order chi connectivity index (χ1) is 10.8. The lowest BCUT2D eigenvalue weighted by atomic mass is 9.89. The molecule has 3 aromatic rings. The van der Waals surface area contributed by atoms with E-state index in [1.165, 1.54) is 33.6 Å². The fraction of sp³-hybridized carbons (Fsp3) is 0.0476. The van der Waals surface area contributed by atoms with E-state index in [9.17, 15) is 0 Å². The summed E-state index contributed by atoms with van der Waals surface area (Å²) in [5.74, 6) is 0. The number of anilines is 2. The Labute approximate surface area is 131 Å². The van der Waals surface area contributed by atoms with E-state index in [2.05, 4.69) is 96.9 Å². The summed E-state index contributed by atoms with van der Waals surface area (Å²) in [6, 6.07) is 27.7. The second-order valence-electron chi connectivity index (χ2n) is 5.56. The van der Waals surface area contributed by atoms with Crippen LogP contribution in [0.5, 0.6) is 0 Å².